The first-order valence-electron chi connectivity index (χ1n) is 10.5. The summed E-state index contributed by atoms with van der Waals surface area (Å²) in [4.78, 5) is 27.8. The molecule has 0 radical (unpaired) electrons. The van der Waals surface area contributed by atoms with E-state index in [1.165, 1.54) is 10.9 Å². The van der Waals surface area contributed by atoms with Crippen molar-refractivity contribution in [1.29, 1.82) is 0 Å². The number of nitrogens with zero attached hydrogens (tertiary/aromatic N) is 5. The van der Waals surface area contributed by atoms with Crippen molar-refractivity contribution in [2.45, 2.75) is 44.8 Å². The lowest BCUT2D eigenvalue weighted by Crippen LogP contribution is -2.36. The second-order valence-corrected chi connectivity index (χ2v) is 7.39. The van der Waals surface area contributed by atoms with Crippen LogP contribution in [0.4, 0.5) is 5.82 Å². The summed E-state index contributed by atoms with van der Waals surface area (Å²) in [5, 5.41) is 35.5. The van der Waals surface area contributed by atoms with Gasteiger partial charge >= 0.3 is 0 Å². The molecular weight excluding hydrogens is 406 g/mol. The summed E-state index contributed by atoms with van der Waals surface area (Å²) >= 11 is 0. The number of carbonyl (C=O) groups excluding carboxylic acids is 1. The highest BCUT2D eigenvalue weighted by Crippen LogP contribution is 2.32. The maximum absolute atomic E-state index is 12.7. The number of anilines is 1. The molecule has 1 aliphatic rings. The van der Waals surface area contributed by atoms with Crippen molar-refractivity contribution >= 4 is 22.9 Å². The van der Waals surface area contributed by atoms with Gasteiger partial charge < -0.3 is 35.6 Å². The summed E-state index contributed by atoms with van der Waals surface area (Å²) in [5.74, 6) is -0.134. The van der Waals surface area contributed by atoms with Gasteiger partial charge in [0.25, 0.3) is 5.91 Å². The Morgan fingerprint density at radius 1 is 1.26 bits per heavy atom. The summed E-state index contributed by atoms with van der Waals surface area (Å²) in [7, 11) is 1.65. The van der Waals surface area contributed by atoms with Crippen molar-refractivity contribution in [1.82, 2.24) is 29.7 Å². The fraction of sp³-hybridized carbons (Fsp3) is 0.684. The van der Waals surface area contributed by atoms with E-state index in [0.717, 1.165) is 26.1 Å². The van der Waals surface area contributed by atoms with Crippen LogP contribution in [0.1, 0.15) is 37.1 Å². The number of fused-ring (bicyclic) bond motifs is 1. The second kappa shape index (κ2) is 10.3. The first-order chi connectivity index (χ1) is 14.9. The minimum absolute atomic E-state index is 0.0520. The Labute approximate surface area is 180 Å². The molecule has 172 valence electrons. The fourth-order valence-corrected chi connectivity index (χ4v) is 3.64. The van der Waals surface area contributed by atoms with Crippen molar-refractivity contribution in [2.24, 2.45) is 0 Å². The van der Waals surface area contributed by atoms with E-state index >= 15 is 0 Å². The molecule has 0 saturated carbocycles. The summed E-state index contributed by atoms with van der Waals surface area (Å²) < 4.78 is 7.00. The summed E-state index contributed by atoms with van der Waals surface area (Å²) in [6.45, 7) is 6.78. The molecule has 3 rings (SSSR count). The molecule has 0 aromatic carbocycles. The molecule has 0 spiro atoms. The average Bonchev–Trinajstić information content (AvgIpc) is 3.33. The lowest BCUT2D eigenvalue weighted by molar-refractivity contribution is -0.0511. The molecule has 4 atom stereocenters. The number of likely N-dealkylation sites (N-methyl/N-ethyl adjacent to an activating group) is 1. The molecule has 2 aromatic rings. The van der Waals surface area contributed by atoms with Gasteiger partial charge in [0.05, 0.1) is 12.9 Å². The highest BCUT2D eigenvalue weighted by atomic mass is 16.6. The third kappa shape index (κ3) is 4.77. The number of rotatable bonds is 10. The standard InChI is InChI=1S/C19H31N7O5/c1-4-7-25(5-2)8-6-21-18(30)16-23-15(20-3)12-17(24-16)26(10-22-12)19-14(29)13(28)11(9-27)31-19/h10-11,13-14,19,27-29H,4-9H2,1-3H3,(H,21,30)(H,20,23,24)/t11-,13-,14-,19-/m1/s1. The zero-order valence-corrected chi connectivity index (χ0v) is 18.0. The number of hydrogen-bond acceptors (Lipinski definition) is 10. The smallest absolute Gasteiger partial charge is 0.289 e. The number of hydrogen-bond donors (Lipinski definition) is 5. The molecular formula is C19H31N7O5. The van der Waals surface area contributed by atoms with Crippen LogP contribution in [-0.2, 0) is 4.74 Å². The first-order valence-corrected chi connectivity index (χ1v) is 10.5. The van der Waals surface area contributed by atoms with Gasteiger partial charge in [-0.1, -0.05) is 13.8 Å². The number of aliphatic hydroxyl groups excluding tert-OH is 3. The van der Waals surface area contributed by atoms with E-state index in [1.54, 1.807) is 7.05 Å². The number of amides is 1. The molecule has 3 heterocycles. The van der Waals surface area contributed by atoms with E-state index in [-0.39, 0.29) is 11.5 Å². The van der Waals surface area contributed by atoms with E-state index in [1.807, 2.05) is 0 Å². The Bertz CT molecular complexity index is 892. The zero-order valence-electron chi connectivity index (χ0n) is 18.0. The lowest BCUT2D eigenvalue weighted by atomic mass is 10.1. The van der Waals surface area contributed by atoms with E-state index in [4.69, 9.17) is 4.74 Å². The monoisotopic (exact) mass is 437 g/mol. The Kier molecular flexibility index (Phi) is 7.73. The summed E-state index contributed by atoms with van der Waals surface area (Å²) in [6, 6.07) is 0. The number of imidazole rings is 1. The number of aromatic nitrogens is 4. The van der Waals surface area contributed by atoms with Crippen LogP contribution in [0.2, 0.25) is 0 Å². The Hall–Kier alpha value is -2.38. The van der Waals surface area contributed by atoms with E-state index in [2.05, 4.69) is 44.3 Å². The summed E-state index contributed by atoms with van der Waals surface area (Å²) in [5.41, 5.74) is 0.650. The van der Waals surface area contributed by atoms with Gasteiger partial charge in [0.15, 0.2) is 23.2 Å². The van der Waals surface area contributed by atoms with Gasteiger partial charge in [-0.3, -0.25) is 9.36 Å². The average molecular weight is 438 g/mol. The maximum atomic E-state index is 12.7. The number of carbonyl (C=O) groups is 1. The third-order valence-corrected chi connectivity index (χ3v) is 5.35. The van der Waals surface area contributed by atoms with Gasteiger partial charge in [-0.2, -0.15) is 0 Å². The largest absolute Gasteiger partial charge is 0.394 e. The molecule has 1 saturated heterocycles. The molecule has 0 aliphatic carbocycles. The topological polar surface area (TPSA) is 158 Å². The zero-order chi connectivity index (χ0) is 22.5. The van der Waals surface area contributed by atoms with Crippen LogP contribution in [0.25, 0.3) is 11.2 Å². The van der Waals surface area contributed by atoms with Gasteiger partial charge in [-0.15, -0.1) is 0 Å². The van der Waals surface area contributed by atoms with Crippen molar-refractivity contribution < 1.29 is 24.9 Å². The van der Waals surface area contributed by atoms with Crippen molar-refractivity contribution in [3.8, 4) is 0 Å². The lowest BCUT2D eigenvalue weighted by Gasteiger charge is -2.19. The van der Waals surface area contributed by atoms with Gasteiger partial charge in [-0.05, 0) is 19.5 Å². The molecule has 1 amide bonds. The molecule has 31 heavy (non-hydrogen) atoms. The van der Waals surface area contributed by atoms with Crippen LogP contribution < -0.4 is 10.6 Å². The van der Waals surface area contributed by atoms with Gasteiger partial charge in [0.2, 0.25) is 5.82 Å². The maximum Gasteiger partial charge on any atom is 0.289 e. The van der Waals surface area contributed by atoms with Crippen LogP contribution in [0.15, 0.2) is 6.33 Å². The molecule has 2 aromatic heterocycles. The molecule has 12 nitrogen and oxygen atoms in total. The quantitative estimate of drug-likeness (QED) is 0.310. The predicted molar refractivity (Wildman–Crippen MR) is 113 cm³/mol. The Morgan fingerprint density at radius 2 is 2.03 bits per heavy atom. The highest BCUT2D eigenvalue weighted by Gasteiger charge is 2.44. The van der Waals surface area contributed by atoms with Crippen molar-refractivity contribution in [2.75, 3.05) is 45.2 Å². The van der Waals surface area contributed by atoms with E-state index in [0.29, 0.717) is 17.9 Å². The number of nitrogens with one attached hydrogen (secondary N) is 2. The van der Waals surface area contributed by atoms with Gasteiger partial charge in [0.1, 0.15) is 18.3 Å². The Morgan fingerprint density at radius 3 is 2.65 bits per heavy atom. The molecule has 1 aliphatic heterocycles. The van der Waals surface area contributed by atoms with Crippen molar-refractivity contribution in [3.05, 3.63) is 12.2 Å². The van der Waals surface area contributed by atoms with Gasteiger partial charge in [-0.25, -0.2) is 15.0 Å². The first kappa shape index (κ1) is 23.3. The SMILES string of the molecule is CCCN(CC)CCNC(=O)c1nc(NC)c2ncn([C@@H]3O[C@H](CO)[C@@H](O)[C@H]3O)c2n1. The minimum Gasteiger partial charge on any atom is -0.394 e. The fourth-order valence-electron chi connectivity index (χ4n) is 3.64. The molecule has 5 N–H and O–H groups in total. The number of ether oxygens (including phenoxy) is 1. The van der Waals surface area contributed by atoms with Crippen molar-refractivity contribution in [3.63, 3.8) is 0 Å². The predicted octanol–water partition coefficient (Wildman–Crippen LogP) is -1.06. The molecule has 1 fully saturated rings. The molecule has 0 bridgehead atoms. The van der Waals surface area contributed by atoms with E-state index < -0.39 is 37.1 Å². The molecule has 12 heteroatoms. The summed E-state index contributed by atoms with van der Waals surface area (Å²) in [6.07, 6.45) is -2.07. The third-order valence-electron chi connectivity index (χ3n) is 5.35. The van der Waals surface area contributed by atoms with Crippen LogP contribution in [-0.4, -0.2) is 104 Å². The Balaban J connectivity index is 1.84. The highest BCUT2D eigenvalue weighted by molar-refractivity contribution is 5.94. The molecule has 0 unspecified atom stereocenters. The van der Waals surface area contributed by atoms with Crippen LogP contribution in [0.3, 0.4) is 0 Å². The minimum atomic E-state index is -1.29. The van der Waals surface area contributed by atoms with E-state index in [9.17, 15) is 20.1 Å². The van der Waals surface area contributed by atoms with Gasteiger partial charge in [0, 0.05) is 20.1 Å². The second-order valence-electron chi connectivity index (χ2n) is 7.39. The van der Waals surface area contributed by atoms with Crippen LogP contribution in [0.5, 0.6) is 0 Å². The normalized spacial score (nSPS) is 23.6. The van der Waals surface area contributed by atoms with Crippen LogP contribution in [0, 0.1) is 0 Å². The number of aliphatic hydroxyl groups is 3. The van der Waals surface area contributed by atoms with Crippen LogP contribution >= 0.6 is 0 Å².